The number of piperazine rings is 1. The molecule has 0 aliphatic carbocycles. The van der Waals surface area contributed by atoms with Gasteiger partial charge in [-0.3, -0.25) is 14.3 Å². The second-order valence-corrected chi connectivity index (χ2v) is 7.96. The molecule has 0 spiro atoms. The van der Waals surface area contributed by atoms with Crippen molar-refractivity contribution >= 4 is 29.0 Å². The first kappa shape index (κ1) is 18.2. The van der Waals surface area contributed by atoms with Crippen molar-refractivity contribution in [3.63, 3.8) is 0 Å². The molecule has 7 nitrogen and oxygen atoms in total. The number of thioether (sulfide) groups is 1. The van der Waals surface area contributed by atoms with Crippen LogP contribution in [0.3, 0.4) is 0 Å². The first-order chi connectivity index (χ1) is 12.2. The molecule has 0 saturated carbocycles. The minimum atomic E-state index is -0.209. The Bertz CT molecular complexity index is 732. The lowest BCUT2D eigenvalue weighted by Gasteiger charge is -2.34. The van der Waals surface area contributed by atoms with Gasteiger partial charge in [-0.25, -0.2) is 9.89 Å². The fourth-order valence-electron chi connectivity index (χ4n) is 2.83. The summed E-state index contributed by atoms with van der Waals surface area (Å²) in [6.45, 7) is 6.90. The number of amides is 1. The van der Waals surface area contributed by atoms with Crippen LogP contribution in [0.25, 0.3) is 0 Å². The number of hydrogen-bond donors (Lipinski definition) is 1. The highest BCUT2D eigenvalue weighted by Gasteiger charge is 2.22. The number of aromatic amines is 1. The average Bonchev–Trinajstić information content (AvgIpc) is 3.25. The second-order valence-electron chi connectivity index (χ2n) is 5.99. The first-order valence-electron chi connectivity index (χ1n) is 8.48. The molecule has 9 heteroatoms. The quantitative estimate of drug-likeness (QED) is 0.736. The predicted molar refractivity (Wildman–Crippen MR) is 100 cm³/mol. The SMILES string of the molecule is CCCn1c(SCC(=O)N2CCN(Cc3cccs3)CC2)n[nH]c1=O. The largest absolute Gasteiger partial charge is 0.343 e. The third kappa shape index (κ3) is 4.74. The number of H-pyrrole nitrogens is 1. The van der Waals surface area contributed by atoms with Crippen molar-refractivity contribution < 1.29 is 4.79 Å². The van der Waals surface area contributed by atoms with Crippen LogP contribution in [-0.4, -0.2) is 62.4 Å². The first-order valence-corrected chi connectivity index (χ1v) is 10.3. The summed E-state index contributed by atoms with van der Waals surface area (Å²) in [4.78, 5) is 29.8. The maximum atomic E-state index is 12.4. The Balaban J connectivity index is 1.46. The molecular weight excluding hydrogens is 358 g/mol. The van der Waals surface area contributed by atoms with Crippen molar-refractivity contribution in [2.45, 2.75) is 31.6 Å². The number of carbonyl (C=O) groups excluding carboxylic acids is 1. The van der Waals surface area contributed by atoms with Gasteiger partial charge in [0.05, 0.1) is 5.75 Å². The Labute approximate surface area is 155 Å². The maximum absolute atomic E-state index is 12.4. The van der Waals surface area contributed by atoms with E-state index in [1.807, 2.05) is 11.8 Å². The van der Waals surface area contributed by atoms with Gasteiger partial charge in [0.2, 0.25) is 5.91 Å². The van der Waals surface area contributed by atoms with Gasteiger partial charge in [-0.15, -0.1) is 16.4 Å². The normalized spacial score (nSPS) is 15.6. The van der Waals surface area contributed by atoms with Crippen LogP contribution in [0.1, 0.15) is 18.2 Å². The molecule has 0 atom stereocenters. The number of aromatic nitrogens is 3. The number of nitrogens with zero attached hydrogens (tertiary/aromatic N) is 4. The summed E-state index contributed by atoms with van der Waals surface area (Å²) in [7, 11) is 0. The summed E-state index contributed by atoms with van der Waals surface area (Å²) >= 11 is 3.10. The van der Waals surface area contributed by atoms with Gasteiger partial charge in [0.25, 0.3) is 0 Å². The van der Waals surface area contributed by atoms with Gasteiger partial charge in [-0.1, -0.05) is 24.8 Å². The van der Waals surface area contributed by atoms with Crippen LogP contribution < -0.4 is 5.69 Å². The van der Waals surface area contributed by atoms with Gasteiger partial charge in [-0.2, -0.15) is 0 Å². The van der Waals surface area contributed by atoms with E-state index >= 15 is 0 Å². The lowest BCUT2D eigenvalue weighted by Crippen LogP contribution is -2.48. The summed E-state index contributed by atoms with van der Waals surface area (Å²) in [5, 5.41) is 9.16. The Kier molecular flexibility index (Phi) is 6.33. The monoisotopic (exact) mass is 381 g/mol. The van der Waals surface area contributed by atoms with Crippen LogP contribution in [0.5, 0.6) is 0 Å². The molecular formula is C16H23N5O2S2. The van der Waals surface area contributed by atoms with E-state index in [1.54, 1.807) is 15.9 Å². The van der Waals surface area contributed by atoms with Gasteiger partial charge in [-0.05, 0) is 17.9 Å². The van der Waals surface area contributed by atoms with E-state index in [0.29, 0.717) is 17.5 Å². The molecule has 1 N–H and O–H groups in total. The predicted octanol–water partition coefficient (Wildman–Crippen LogP) is 1.48. The van der Waals surface area contributed by atoms with Crippen molar-refractivity contribution in [3.8, 4) is 0 Å². The fraction of sp³-hybridized carbons (Fsp3) is 0.562. The molecule has 1 saturated heterocycles. The molecule has 2 aromatic rings. The Hall–Kier alpha value is -1.58. The molecule has 0 bridgehead atoms. The van der Waals surface area contributed by atoms with Gasteiger partial charge in [0.1, 0.15) is 0 Å². The lowest BCUT2D eigenvalue weighted by molar-refractivity contribution is -0.130. The van der Waals surface area contributed by atoms with Gasteiger partial charge < -0.3 is 4.90 Å². The van der Waals surface area contributed by atoms with E-state index in [0.717, 1.165) is 39.1 Å². The molecule has 0 unspecified atom stereocenters. The summed E-state index contributed by atoms with van der Waals surface area (Å²) < 4.78 is 1.59. The molecule has 3 rings (SSSR count). The molecule has 1 amide bonds. The van der Waals surface area contributed by atoms with Crippen molar-refractivity contribution in [3.05, 3.63) is 32.9 Å². The number of nitrogens with one attached hydrogen (secondary N) is 1. The Morgan fingerprint density at radius 1 is 1.36 bits per heavy atom. The average molecular weight is 382 g/mol. The maximum Gasteiger partial charge on any atom is 0.343 e. The van der Waals surface area contributed by atoms with E-state index in [2.05, 4.69) is 32.6 Å². The minimum absolute atomic E-state index is 0.110. The highest BCUT2D eigenvalue weighted by atomic mass is 32.2. The minimum Gasteiger partial charge on any atom is -0.339 e. The summed E-state index contributed by atoms with van der Waals surface area (Å²) in [5.41, 5.74) is -0.209. The van der Waals surface area contributed by atoms with E-state index in [4.69, 9.17) is 0 Å². The fourth-order valence-corrected chi connectivity index (χ4v) is 4.45. The number of hydrogen-bond acceptors (Lipinski definition) is 6. The molecule has 3 heterocycles. The van der Waals surface area contributed by atoms with Gasteiger partial charge in [0.15, 0.2) is 5.16 Å². The van der Waals surface area contributed by atoms with Crippen LogP contribution in [0.2, 0.25) is 0 Å². The van der Waals surface area contributed by atoms with Crippen molar-refractivity contribution in [1.29, 1.82) is 0 Å². The smallest absolute Gasteiger partial charge is 0.339 e. The van der Waals surface area contributed by atoms with Crippen molar-refractivity contribution in [1.82, 2.24) is 24.6 Å². The second kappa shape index (κ2) is 8.68. The highest BCUT2D eigenvalue weighted by Crippen LogP contribution is 2.16. The third-order valence-corrected chi connectivity index (χ3v) is 6.00. The summed E-state index contributed by atoms with van der Waals surface area (Å²) in [6, 6.07) is 4.22. The lowest BCUT2D eigenvalue weighted by atomic mass is 10.3. The molecule has 1 aliphatic rings. The van der Waals surface area contributed by atoms with E-state index in [1.165, 1.54) is 16.6 Å². The highest BCUT2D eigenvalue weighted by molar-refractivity contribution is 7.99. The van der Waals surface area contributed by atoms with Crippen LogP contribution >= 0.6 is 23.1 Å². The molecule has 2 aromatic heterocycles. The standard InChI is InChI=1S/C16H23N5O2S2/c1-2-5-21-15(23)17-18-16(21)25-12-14(22)20-8-6-19(7-9-20)11-13-4-3-10-24-13/h3-4,10H,2,5-9,11-12H2,1H3,(H,17,23). The van der Waals surface area contributed by atoms with E-state index in [-0.39, 0.29) is 11.6 Å². The molecule has 0 aromatic carbocycles. The number of rotatable bonds is 7. The van der Waals surface area contributed by atoms with E-state index in [9.17, 15) is 9.59 Å². The van der Waals surface area contributed by atoms with Crippen LogP contribution in [0, 0.1) is 0 Å². The van der Waals surface area contributed by atoms with Crippen molar-refractivity contribution in [2.24, 2.45) is 0 Å². The Morgan fingerprint density at radius 3 is 2.84 bits per heavy atom. The van der Waals surface area contributed by atoms with Crippen molar-refractivity contribution in [2.75, 3.05) is 31.9 Å². The number of carbonyl (C=O) groups is 1. The zero-order valence-corrected chi connectivity index (χ0v) is 15.9. The van der Waals surface area contributed by atoms with Crippen LogP contribution in [-0.2, 0) is 17.9 Å². The third-order valence-electron chi connectivity index (χ3n) is 4.18. The molecule has 0 radical (unpaired) electrons. The van der Waals surface area contributed by atoms with Gasteiger partial charge >= 0.3 is 5.69 Å². The van der Waals surface area contributed by atoms with E-state index < -0.39 is 0 Å². The molecule has 1 fully saturated rings. The van der Waals surface area contributed by atoms with Crippen LogP contribution in [0.4, 0.5) is 0 Å². The zero-order valence-electron chi connectivity index (χ0n) is 14.3. The molecule has 25 heavy (non-hydrogen) atoms. The molecule has 136 valence electrons. The summed E-state index contributed by atoms with van der Waals surface area (Å²) in [6.07, 6.45) is 0.854. The van der Waals surface area contributed by atoms with Crippen LogP contribution in [0.15, 0.2) is 27.5 Å². The zero-order chi connectivity index (χ0) is 17.6. The van der Waals surface area contributed by atoms with Gasteiger partial charge in [0, 0.05) is 44.1 Å². The Morgan fingerprint density at radius 2 is 2.16 bits per heavy atom. The topological polar surface area (TPSA) is 74.2 Å². The molecule has 1 aliphatic heterocycles. The summed E-state index contributed by atoms with van der Waals surface area (Å²) in [5.74, 6) is 0.429. The number of thiophene rings is 1.